The summed E-state index contributed by atoms with van der Waals surface area (Å²) < 4.78 is 6.17. The van der Waals surface area contributed by atoms with Crippen LogP contribution in [0.15, 0.2) is 24.3 Å². The van der Waals surface area contributed by atoms with E-state index >= 15 is 0 Å². The van der Waals surface area contributed by atoms with Crippen LogP contribution in [0.1, 0.15) is 44.6 Å². The van der Waals surface area contributed by atoms with Gasteiger partial charge < -0.3 is 4.74 Å². The summed E-state index contributed by atoms with van der Waals surface area (Å²) in [5.74, 6) is 1.01. The van der Waals surface area contributed by atoms with Crippen molar-refractivity contribution in [1.82, 2.24) is 0 Å². The minimum Gasteiger partial charge on any atom is -0.490 e. The molecule has 2 atom stereocenters. The molecule has 1 nitrogen and oxygen atoms in total. The van der Waals surface area contributed by atoms with Crippen LogP contribution in [0.25, 0.3) is 0 Å². The molecule has 0 radical (unpaired) electrons. The van der Waals surface area contributed by atoms with Crippen LogP contribution in [0.5, 0.6) is 5.75 Å². The first-order chi connectivity index (χ1) is 8.74. The SMILES string of the molecule is CCc1ccc(OC2CC(Cl)C23CCCC3)cc1. The van der Waals surface area contributed by atoms with Crippen molar-refractivity contribution in [3.8, 4) is 5.75 Å². The maximum Gasteiger partial charge on any atom is 0.119 e. The summed E-state index contributed by atoms with van der Waals surface area (Å²) in [5, 5.41) is 0.333. The average molecular weight is 265 g/mol. The second kappa shape index (κ2) is 4.77. The lowest BCUT2D eigenvalue weighted by molar-refractivity contribution is -0.0355. The smallest absolute Gasteiger partial charge is 0.119 e. The lowest BCUT2D eigenvalue weighted by atomic mass is 9.64. The number of aryl methyl sites for hydroxylation is 1. The van der Waals surface area contributed by atoms with Gasteiger partial charge in [0.05, 0.1) is 0 Å². The zero-order valence-electron chi connectivity index (χ0n) is 11.0. The number of alkyl halides is 1. The Morgan fingerprint density at radius 1 is 1.22 bits per heavy atom. The van der Waals surface area contributed by atoms with Crippen molar-refractivity contribution in [3.63, 3.8) is 0 Å². The number of hydrogen-bond acceptors (Lipinski definition) is 1. The van der Waals surface area contributed by atoms with E-state index in [1.807, 2.05) is 0 Å². The highest BCUT2D eigenvalue weighted by Crippen LogP contribution is 2.57. The third-order valence-corrected chi connectivity index (χ3v) is 5.44. The molecule has 98 valence electrons. The minimum atomic E-state index is 0.283. The molecule has 2 unspecified atom stereocenters. The summed E-state index contributed by atoms with van der Waals surface area (Å²) in [6.45, 7) is 2.17. The van der Waals surface area contributed by atoms with Gasteiger partial charge in [-0.2, -0.15) is 0 Å². The molecule has 2 heteroatoms. The largest absolute Gasteiger partial charge is 0.490 e. The molecule has 2 fully saturated rings. The number of ether oxygens (including phenoxy) is 1. The first kappa shape index (κ1) is 12.3. The average Bonchev–Trinajstić information content (AvgIpc) is 2.92. The molecule has 0 saturated heterocycles. The first-order valence-corrected chi connectivity index (χ1v) is 7.58. The Hall–Kier alpha value is -0.690. The third-order valence-electron chi connectivity index (χ3n) is 4.83. The lowest BCUT2D eigenvalue weighted by Gasteiger charge is -2.50. The van der Waals surface area contributed by atoms with Crippen molar-refractivity contribution in [2.75, 3.05) is 0 Å². The van der Waals surface area contributed by atoms with Gasteiger partial charge in [0.25, 0.3) is 0 Å². The molecular formula is C16H21ClO. The van der Waals surface area contributed by atoms with Crippen molar-refractivity contribution in [2.24, 2.45) is 5.41 Å². The monoisotopic (exact) mass is 264 g/mol. The third kappa shape index (κ3) is 1.93. The van der Waals surface area contributed by atoms with E-state index in [4.69, 9.17) is 16.3 Å². The molecular weight excluding hydrogens is 244 g/mol. The van der Waals surface area contributed by atoms with Gasteiger partial charge in [0.2, 0.25) is 0 Å². The molecule has 3 rings (SSSR count). The van der Waals surface area contributed by atoms with Crippen molar-refractivity contribution < 1.29 is 4.74 Å². The lowest BCUT2D eigenvalue weighted by Crippen LogP contribution is -2.55. The van der Waals surface area contributed by atoms with Crippen molar-refractivity contribution >= 4 is 11.6 Å². The van der Waals surface area contributed by atoms with Gasteiger partial charge >= 0.3 is 0 Å². The van der Waals surface area contributed by atoms with Gasteiger partial charge in [0.1, 0.15) is 11.9 Å². The van der Waals surface area contributed by atoms with E-state index in [1.54, 1.807) is 0 Å². The Bertz CT molecular complexity index is 406. The molecule has 0 heterocycles. The molecule has 1 aromatic carbocycles. The Labute approximate surface area is 114 Å². The Morgan fingerprint density at radius 2 is 1.89 bits per heavy atom. The summed E-state index contributed by atoms with van der Waals surface area (Å²) in [4.78, 5) is 0. The van der Waals surface area contributed by atoms with Gasteiger partial charge in [-0.25, -0.2) is 0 Å². The van der Waals surface area contributed by atoms with Gasteiger partial charge in [0, 0.05) is 17.2 Å². The fourth-order valence-corrected chi connectivity index (χ4v) is 4.02. The quantitative estimate of drug-likeness (QED) is 0.727. The first-order valence-electron chi connectivity index (χ1n) is 7.14. The molecule has 1 aromatic rings. The molecule has 0 bridgehead atoms. The predicted octanol–water partition coefficient (Wildman–Crippen LogP) is 4.57. The molecule has 1 spiro atoms. The summed E-state index contributed by atoms with van der Waals surface area (Å²) in [6.07, 6.45) is 7.57. The Morgan fingerprint density at radius 3 is 2.44 bits per heavy atom. The Balaban J connectivity index is 1.69. The van der Waals surface area contributed by atoms with E-state index < -0.39 is 0 Å². The summed E-state index contributed by atoms with van der Waals surface area (Å²) >= 11 is 6.44. The van der Waals surface area contributed by atoms with Gasteiger partial charge in [-0.05, 0) is 37.0 Å². The number of hydrogen-bond donors (Lipinski definition) is 0. The van der Waals surface area contributed by atoms with Gasteiger partial charge in [-0.1, -0.05) is 31.9 Å². The highest BCUT2D eigenvalue weighted by Gasteiger charge is 2.56. The van der Waals surface area contributed by atoms with E-state index in [0.29, 0.717) is 11.5 Å². The van der Waals surface area contributed by atoms with Crippen LogP contribution >= 0.6 is 11.6 Å². The Kier molecular flexibility index (Phi) is 3.27. The van der Waals surface area contributed by atoms with Crippen LogP contribution in [0.3, 0.4) is 0 Å². The van der Waals surface area contributed by atoms with Crippen molar-refractivity contribution in [1.29, 1.82) is 0 Å². The normalized spacial score (nSPS) is 29.2. The van der Waals surface area contributed by atoms with Crippen LogP contribution in [-0.4, -0.2) is 11.5 Å². The molecule has 0 N–H and O–H groups in total. The van der Waals surface area contributed by atoms with Gasteiger partial charge in [-0.15, -0.1) is 11.6 Å². The van der Waals surface area contributed by atoms with Crippen molar-refractivity contribution in [3.05, 3.63) is 29.8 Å². The molecule has 0 aromatic heterocycles. The fraction of sp³-hybridized carbons (Fsp3) is 0.625. The van der Waals surface area contributed by atoms with Crippen LogP contribution in [0, 0.1) is 5.41 Å². The highest BCUT2D eigenvalue weighted by atomic mass is 35.5. The molecule has 0 aliphatic heterocycles. The van der Waals surface area contributed by atoms with E-state index in [2.05, 4.69) is 31.2 Å². The standard InChI is InChI=1S/C16H21ClO/c1-2-12-5-7-13(8-6-12)18-15-11-14(17)16(15)9-3-4-10-16/h5-8,14-15H,2-4,9-11H2,1H3. The number of benzene rings is 1. The molecule has 0 amide bonds. The summed E-state index contributed by atoms with van der Waals surface area (Å²) in [5.41, 5.74) is 1.65. The van der Waals surface area contributed by atoms with Crippen LogP contribution in [0.4, 0.5) is 0 Å². The summed E-state index contributed by atoms with van der Waals surface area (Å²) in [7, 11) is 0. The second-order valence-electron chi connectivity index (χ2n) is 5.75. The number of halogens is 1. The zero-order chi connectivity index (χ0) is 12.6. The summed E-state index contributed by atoms with van der Waals surface area (Å²) in [6, 6.07) is 8.52. The van der Waals surface area contributed by atoms with E-state index in [-0.39, 0.29) is 5.41 Å². The maximum absolute atomic E-state index is 6.44. The van der Waals surface area contributed by atoms with Crippen molar-refractivity contribution in [2.45, 2.75) is 56.9 Å². The second-order valence-corrected chi connectivity index (χ2v) is 6.27. The molecule has 2 saturated carbocycles. The van der Waals surface area contributed by atoms with E-state index in [1.165, 1.54) is 31.2 Å². The zero-order valence-corrected chi connectivity index (χ0v) is 11.7. The van der Waals surface area contributed by atoms with E-state index in [0.717, 1.165) is 18.6 Å². The molecule has 2 aliphatic carbocycles. The van der Waals surface area contributed by atoms with Crippen LogP contribution in [-0.2, 0) is 6.42 Å². The van der Waals surface area contributed by atoms with Crippen LogP contribution in [0.2, 0.25) is 0 Å². The maximum atomic E-state index is 6.44. The molecule has 2 aliphatic rings. The van der Waals surface area contributed by atoms with Gasteiger partial charge in [-0.3, -0.25) is 0 Å². The van der Waals surface area contributed by atoms with Crippen LogP contribution < -0.4 is 4.74 Å². The predicted molar refractivity (Wildman–Crippen MR) is 75.4 cm³/mol. The fourth-order valence-electron chi connectivity index (χ4n) is 3.50. The van der Waals surface area contributed by atoms with Gasteiger partial charge in [0.15, 0.2) is 0 Å². The minimum absolute atomic E-state index is 0.283. The van der Waals surface area contributed by atoms with E-state index in [9.17, 15) is 0 Å². The molecule has 18 heavy (non-hydrogen) atoms. The highest BCUT2D eigenvalue weighted by molar-refractivity contribution is 6.21. The topological polar surface area (TPSA) is 9.23 Å². The number of rotatable bonds is 3.